The van der Waals surface area contributed by atoms with Crippen molar-refractivity contribution in [2.45, 2.75) is 433 Å². The van der Waals surface area contributed by atoms with Crippen LogP contribution in [0.5, 0.6) is 0 Å². The van der Waals surface area contributed by atoms with Crippen LogP contribution in [0.25, 0.3) is 0 Å². The van der Waals surface area contributed by atoms with Gasteiger partial charge in [-0.1, -0.05) is 363 Å². The van der Waals surface area contributed by atoms with Gasteiger partial charge in [0.1, 0.15) is 19.3 Å². The van der Waals surface area contributed by atoms with E-state index in [4.69, 9.17) is 37.0 Å². The number of ether oxygens (including phenoxy) is 4. The van der Waals surface area contributed by atoms with Gasteiger partial charge >= 0.3 is 39.5 Å². The molecule has 588 valence electrons. The van der Waals surface area contributed by atoms with Gasteiger partial charge in [0.25, 0.3) is 0 Å². The highest BCUT2D eigenvalue weighted by molar-refractivity contribution is 7.47. The lowest BCUT2D eigenvalue weighted by Crippen LogP contribution is -2.30. The first-order valence-corrected chi connectivity index (χ1v) is 44.3. The molecular formula is C80H156O17P2. The predicted octanol–water partition coefficient (Wildman–Crippen LogP) is 23.7. The smallest absolute Gasteiger partial charge is 0.462 e. The van der Waals surface area contributed by atoms with Crippen LogP contribution in [0.2, 0.25) is 0 Å². The number of rotatable bonds is 78. The minimum Gasteiger partial charge on any atom is -0.462 e. The monoisotopic (exact) mass is 1450 g/mol. The van der Waals surface area contributed by atoms with Gasteiger partial charge in [-0.15, -0.1) is 0 Å². The molecule has 3 N–H and O–H groups in total. The Labute approximate surface area is 607 Å². The number of esters is 4. The second-order valence-corrected chi connectivity index (χ2v) is 33.1. The van der Waals surface area contributed by atoms with Gasteiger partial charge in [-0.05, 0) is 43.4 Å². The third-order valence-electron chi connectivity index (χ3n) is 18.6. The zero-order chi connectivity index (χ0) is 73.0. The zero-order valence-corrected chi connectivity index (χ0v) is 66.8. The van der Waals surface area contributed by atoms with Crippen LogP contribution in [0.15, 0.2) is 0 Å². The van der Waals surface area contributed by atoms with E-state index in [1.54, 1.807) is 0 Å². The number of hydrogen-bond donors (Lipinski definition) is 3. The molecule has 0 saturated carbocycles. The molecule has 2 unspecified atom stereocenters. The van der Waals surface area contributed by atoms with Gasteiger partial charge in [0.05, 0.1) is 26.4 Å². The highest BCUT2D eigenvalue weighted by Crippen LogP contribution is 2.45. The Morgan fingerprint density at radius 2 is 0.465 bits per heavy atom. The number of aliphatic hydroxyl groups excluding tert-OH is 1. The Hall–Kier alpha value is -1.94. The molecule has 0 bridgehead atoms. The van der Waals surface area contributed by atoms with Crippen LogP contribution in [-0.4, -0.2) is 96.7 Å². The maximum atomic E-state index is 13.1. The number of aliphatic hydroxyl groups is 1. The lowest BCUT2D eigenvalue weighted by atomic mass is 10.0. The Bertz CT molecular complexity index is 1920. The first-order chi connectivity index (χ1) is 47.7. The fourth-order valence-corrected chi connectivity index (χ4v) is 13.9. The van der Waals surface area contributed by atoms with Crippen molar-refractivity contribution in [3.05, 3.63) is 0 Å². The van der Waals surface area contributed by atoms with E-state index in [0.717, 1.165) is 108 Å². The van der Waals surface area contributed by atoms with E-state index < -0.39 is 97.5 Å². The van der Waals surface area contributed by atoms with Crippen molar-refractivity contribution in [1.29, 1.82) is 0 Å². The number of unbranched alkanes of at least 4 members (excludes halogenated alkanes) is 46. The molecule has 17 nitrogen and oxygen atoms in total. The van der Waals surface area contributed by atoms with Crippen LogP contribution in [-0.2, 0) is 65.4 Å². The van der Waals surface area contributed by atoms with E-state index >= 15 is 0 Å². The molecule has 99 heavy (non-hydrogen) atoms. The first-order valence-electron chi connectivity index (χ1n) is 41.3. The SMILES string of the molecule is CCCCCCCCCCCCCCC(=O)OC[C@H](COP(=O)(O)OC[C@H](O)COP(=O)(O)OC[C@@H](COC(=O)CCCCCCCCCCCCCCCC(C)C)OC(=O)CCCCCCCCCCCCCCCCCC(C)C)OC(=O)CCCCCCCCCCCCC(C)C. The van der Waals surface area contributed by atoms with Gasteiger partial charge in [0, 0.05) is 25.7 Å². The Kier molecular flexibility index (Phi) is 69.0. The molecule has 0 aliphatic heterocycles. The quantitative estimate of drug-likeness (QED) is 0.0222. The fraction of sp³-hybridized carbons (Fsp3) is 0.950. The van der Waals surface area contributed by atoms with Gasteiger partial charge in [-0.3, -0.25) is 37.3 Å². The lowest BCUT2D eigenvalue weighted by Gasteiger charge is -2.21. The average Bonchev–Trinajstić information content (AvgIpc) is 1.08. The minimum atomic E-state index is -4.96. The second kappa shape index (κ2) is 70.4. The molecule has 0 aromatic heterocycles. The lowest BCUT2D eigenvalue weighted by molar-refractivity contribution is -0.161. The summed E-state index contributed by atoms with van der Waals surface area (Å²) in [4.78, 5) is 73.0. The van der Waals surface area contributed by atoms with Crippen molar-refractivity contribution in [1.82, 2.24) is 0 Å². The van der Waals surface area contributed by atoms with Crippen molar-refractivity contribution in [2.75, 3.05) is 39.6 Å². The summed E-state index contributed by atoms with van der Waals surface area (Å²) in [6.07, 6.45) is 58.1. The summed E-state index contributed by atoms with van der Waals surface area (Å²) in [7, 11) is -9.92. The van der Waals surface area contributed by atoms with Crippen LogP contribution >= 0.6 is 15.6 Å². The van der Waals surface area contributed by atoms with Crippen LogP contribution in [0, 0.1) is 17.8 Å². The van der Waals surface area contributed by atoms with E-state index in [0.29, 0.717) is 25.7 Å². The minimum absolute atomic E-state index is 0.106. The van der Waals surface area contributed by atoms with Crippen molar-refractivity contribution >= 4 is 39.5 Å². The van der Waals surface area contributed by atoms with Crippen molar-refractivity contribution in [3.8, 4) is 0 Å². The first kappa shape index (κ1) is 97.1. The van der Waals surface area contributed by atoms with Gasteiger partial charge < -0.3 is 33.8 Å². The third-order valence-corrected chi connectivity index (χ3v) is 20.5. The molecule has 5 atom stereocenters. The van der Waals surface area contributed by atoms with E-state index in [1.165, 1.54) is 225 Å². The molecule has 0 aromatic carbocycles. The molecule has 0 spiro atoms. The predicted molar refractivity (Wildman–Crippen MR) is 405 cm³/mol. The van der Waals surface area contributed by atoms with Gasteiger partial charge in [-0.2, -0.15) is 0 Å². The molecule has 19 heteroatoms. The molecule has 0 aliphatic rings. The van der Waals surface area contributed by atoms with E-state index in [2.05, 4.69) is 48.5 Å². The molecule has 0 amide bonds. The van der Waals surface area contributed by atoms with Crippen molar-refractivity contribution < 1.29 is 80.2 Å². The summed E-state index contributed by atoms with van der Waals surface area (Å²) in [6.45, 7) is 12.0. The summed E-state index contributed by atoms with van der Waals surface area (Å²) in [5, 5.41) is 10.6. The summed E-state index contributed by atoms with van der Waals surface area (Å²) >= 11 is 0. The summed E-state index contributed by atoms with van der Waals surface area (Å²) in [5.41, 5.74) is 0. The number of phosphoric ester groups is 2. The number of carbonyl (C=O) groups excluding carboxylic acids is 4. The number of hydrogen-bond acceptors (Lipinski definition) is 15. The Balaban J connectivity index is 5.26. The highest BCUT2D eigenvalue weighted by atomic mass is 31.2. The molecule has 0 aliphatic carbocycles. The fourth-order valence-electron chi connectivity index (χ4n) is 12.3. The zero-order valence-electron chi connectivity index (χ0n) is 65.0. The van der Waals surface area contributed by atoms with E-state index in [-0.39, 0.29) is 25.7 Å². The maximum Gasteiger partial charge on any atom is 0.472 e. The number of phosphoric acid groups is 2. The van der Waals surface area contributed by atoms with Crippen LogP contribution in [0.4, 0.5) is 0 Å². The molecule has 0 rings (SSSR count). The van der Waals surface area contributed by atoms with E-state index in [9.17, 15) is 43.2 Å². The molecule has 0 fully saturated rings. The summed E-state index contributed by atoms with van der Waals surface area (Å²) < 4.78 is 68.7. The second-order valence-electron chi connectivity index (χ2n) is 30.2. The summed E-state index contributed by atoms with van der Waals surface area (Å²) in [6, 6.07) is 0. The molecule has 0 heterocycles. The van der Waals surface area contributed by atoms with E-state index in [1.807, 2.05) is 0 Å². The normalized spacial score (nSPS) is 14.0. The molecule has 0 radical (unpaired) electrons. The van der Waals surface area contributed by atoms with Crippen LogP contribution < -0.4 is 0 Å². The summed E-state index contributed by atoms with van der Waals surface area (Å²) in [5.74, 6) is 0.235. The third kappa shape index (κ3) is 74.1. The average molecular weight is 1450 g/mol. The van der Waals surface area contributed by atoms with Crippen molar-refractivity contribution in [2.24, 2.45) is 17.8 Å². The van der Waals surface area contributed by atoms with Crippen LogP contribution in [0.3, 0.4) is 0 Å². The standard InChI is InChI=1S/C80H156O17P2/c1-8-9-10-11-12-13-14-25-33-40-47-54-61-77(82)90-68-76(97-80(85)64-57-50-43-36-29-28-32-39-46-53-60-73(6)7)70-95-99(88,89)93-66-74(81)65-92-98(86,87)94-69-75(67-91-78(83)62-55-48-41-34-26-22-18-20-24-31-38-45-52-59-72(4)5)96-79(84)63-56-49-42-35-27-21-17-15-16-19-23-30-37-44-51-58-71(2)3/h71-76,81H,8-70H2,1-7H3,(H,86,87)(H,88,89)/t74-,75-,76-/m1/s1. The number of carbonyl (C=O) groups is 4. The van der Waals surface area contributed by atoms with Gasteiger partial charge in [0.15, 0.2) is 12.2 Å². The topological polar surface area (TPSA) is 237 Å². The highest BCUT2D eigenvalue weighted by Gasteiger charge is 2.30. The maximum absolute atomic E-state index is 13.1. The van der Waals surface area contributed by atoms with Crippen LogP contribution in [0.1, 0.15) is 414 Å². The molecular weight excluding hydrogens is 1290 g/mol. The Morgan fingerprint density at radius 1 is 0.273 bits per heavy atom. The molecule has 0 saturated heterocycles. The molecule has 0 aromatic rings. The Morgan fingerprint density at radius 3 is 0.687 bits per heavy atom. The van der Waals surface area contributed by atoms with Gasteiger partial charge in [0.2, 0.25) is 0 Å². The van der Waals surface area contributed by atoms with Crippen molar-refractivity contribution in [3.63, 3.8) is 0 Å². The largest absolute Gasteiger partial charge is 0.472 e. The van der Waals surface area contributed by atoms with Gasteiger partial charge in [-0.25, -0.2) is 9.13 Å².